The number of hydrogen-bond donors (Lipinski definition) is 0. The number of allylic oxidation sites excluding steroid dienone is 2. The monoisotopic (exact) mass is 295 g/mol. The molecule has 0 N–H and O–H groups in total. The van der Waals surface area contributed by atoms with Gasteiger partial charge in [-0.15, -0.1) is 0 Å². The molecule has 22 heavy (non-hydrogen) atoms. The lowest BCUT2D eigenvalue weighted by atomic mass is 9.63. The first-order valence-corrected chi connectivity index (χ1v) is 7.91. The SMILES string of the molecule is COc1ccc(N2C(=O)[C@H]3[C@@H]4C=C[C@@H]([C@H]5C[C@H]45)[C@@H]3C2=O)cc1. The minimum absolute atomic E-state index is 0.00938. The quantitative estimate of drug-likeness (QED) is 0.621. The van der Waals surface area contributed by atoms with Crippen LogP contribution in [-0.2, 0) is 9.59 Å². The topological polar surface area (TPSA) is 46.6 Å². The average Bonchev–Trinajstić information content (AvgIpc) is 3.32. The summed E-state index contributed by atoms with van der Waals surface area (Å²) in [5.41, 5.74) is 0.665. The van der Waals surface area contributed by atoms with Crippen molar-refractivity contribution in [2.24, 2.45) is 35.5 Å². The summed E-state index contributed by atoms with van der Waals surface area (Å²) in [6.45, 7) is 0. The number of nitrogens with zero attached hydrogens (tertiary/aromatic N) is 1. The summed E-state index contributed by atoms with van der Waals surface area (Å²) in [6, 6.07) is 7.18. The Kier molecular flexibility index (Phi) is 2.26. The van der Waals surface area contributed by atoms with Gasteiger partial charge in [0.05, 0.1) is 24.6 Å². The van der Waals surface area contributed by atoms with Crippen molar-refractivity contribution >= 4 is 17.5 Å². The number of carbonyl (C=O) groups is 2. The maximum absolute atomic E-state index is 12.9. The van der Waals surface area contributed by atoms with E-state index in [1.165, 1.54) is 11.3 Å². The van der Waals surface area contributed by atoms with Crippen LogP contribution in [0.25, 0.3) is 0 Å². The van der Waals surface area contributed by atoms with Crippen LogP contribution >= 0.6 is 0 Å². The van der Waals surface area contributed by atoms with Crippen LogP contribution in [0.4, 0.5) is 5.69 Å². The van der Waals surface area contributed by atoms with Gasteiger partial charge in [0.1, 0.15) is 5.75 Å². The fourth-order valence-corrected chi connectivity index (χ4v) is 4.94. The Morgan fingerprint density at radius 3 is 2.00 bits per heavy atom. The predicted octanol–water partition coefficient (Wildman–Crippen LogP) is 2.25. The number of rotatable bonds is 2. The van der Waals surface area contributed by atoms with E-state index in [1.807, 2.05) is 0 Å². The molecule has 2 amide bonds. The first kappa shape index (κ1) is 12.4. The van der Waals surface area contributed by atoms with Gasteiger partial charge in [-0.25, -0.2) is 0 Å². The molecule has 3 fully saturated rings. The minimum Gasteiger partial charge on any atom is -0.497 e. The van der Waals surface area contributed by atoms with Crippen LogP contribution in [0, 0.1) is 35.5 Å². The van der Waals surface area contributed by atoms with Crippen LogP contribution < -0.4 is 9.64 Å². The number of hydrogen-bond acceptors (Lipinski definition) is 3. The summed E-state index contributed by atoms with van der Waals surface area (Å²) >= 11 is 0. The van der Waals surface area contributed by atoms with Crippen molar-refractivity contribution in [2.45, 2.75) is 6.42 Å². The highest BCUT2D eigenvalue weighted by Gasteiger charge is 2.67. The maximum atomic E-state index is 12.9. The van der Waals surface area contributed by atoms with Gasteiger partial charge in [-0.05, 0) is 54.4 Å². The number of anilines is 1. The number of carbonyl (C=O) groups excluding carboxylic acids is 2. The van der Waals surface area contributed by atoms with E-state index in [-0.39, 0.29) is 35.5 Å². The van der Waals surface area contributed by atoms with Gasteiger partial charge in [0, 0.05) is 0 Å². The molecule has 1 aliphatic heterocycles. The molecular formula is C18H17NO3. The van der Waals surface area contributed by atoms with Crippen LogP contribution in [0.1, 0.15) is 6.42 Å². The van der Waals surface area contributed by atoms with Crippen molar-refractivity contribution in [3.05, 3.63) is 36.4 Å². The van der Waals surface area contributed by atoms with Gasteiger partial charge in [-0.1, -0.05) is 12.2 Å². The Morgan fingerprint density at radius 1 is 0.955 bits per heavy atom. The predicted molar refractivity (Wildman–Crippen MR) is 80.2 cm³/mol. The van der Waals surface area contributed by atoms with Crippen molar-refractivity contribution in [1.82, 2.24) is 0 Å². The van der Waals surface area contributed by atoms with Crippen LogP contribution in [0.3, 0.4) is 0 Å². The zero-order chi connectivity index (χ0) is 15.0. The molecule has 0 radical (unpaired) electrons. The first-order chi connectivity index (χ1) is 10.7. The van der Waals surface area contributed by atoms with E-state index in [9.17, 15) is 9.59 Å². The van der Waals surface area contributed by atoms with Gasteiger partial charge in [0.2, 0.25) is 11.8 Å². The number of ether oxygens (including phenoxy) is 1. The summed E-state index contributed by atoms with van der Waals surface area (Å²) in [5.74, 6) is 2.28. The van der Waals surface area contributed by atoms with Gasteiger partial charge in [0.25, 0.3) is 0 Å². The highest BCUT2D eigenvalue weighted by Crippen LogP contribution is 2.65. The largest absolute Gasteiger partial charge is 0.497 e. The highest BCUT2D eigenvalue weighted by atomic mass is 16.5. The first-order valence-electron chi connectivity index (χ1n) is 7.91. The van der Waals surface area contributed by atoms with Gasteiger partial charge in [-0.3, -0.25) is 14.5 Å². The zero-order valence-corrected chi connectivity index (χ0v) is 12.3. The number of imide groups is 1. The van der Waals surface area contributed by atoms with E-state index in [0.29, 0.717) is 17.5 Å². The standard InChI is InChI=1S/C18H17NO3/c1-22-10-4-2-9(3-5-10)19-17(20)15-11-6-7-12(14-8-13(11)14)16(15)18(19)21/h2-7,11-16H,8H2,1H3/t11-,12+,13-,14-,15+,16+/m1/s1. The molecule has 4 aliphatic carbocycles. The molecule has 4 nitrogen and oxygen atoms in total. The third-order valence-electron chi connectivity index (χ3n) is 5.99. The van der Waals surface area contributed by atoms with E-state index >= 15 is 0 Å². The summed E-state index contributed by atoms with van der Waals surface area (Å²) < 4.78 is 5.15. The molecule has 1 heterocycles. The second-order valence-electron chi connectivity index (χ2n) is 6.86. The average molecular weight is 295 g/mol. The molecule has 0 aromatic heterocycles. The molecule has 0 spiro atoms. The van der Waals surface area contributed by atoms with Crippen molar-refractivity contribution in [1.29, 1.82) is 0 Å². The molecule has 0 unspecified atom stereocenters. The van der Waals surface area contributed by atoms with Gasteiger partial charge in [-0.2, -0.15) is 0 Å². The molecule has 4 heteroatoms. The Bertz CT molecular complexity index is 672. The fraction of sp³-hybridized carbons (Fsp3) is 0.444. The summed E-state index contributed by atoms with van der Waals surface area (Å²) in [5, 5.41) is 0. The normalized spacial score (nSPS) is 40.7. The molecule has 112 valence electrons. The van der Waals surface area contributed by atoms with E-state index < -0.39 is 0 Å². The molecule has 1 saturated heterocycles. The summed E-state index contributed by atoms with van der Waals surface area (Å²) in [4.78, 5) is 27.2. The number of benzene rings is 1. The Balaban J connectivity index is 1.54. The molecule has 1 aromatic carbocycles. The molecule has 2 bridgehead atoms. The smallest absolute Gasteiger partial charge is 0.238 e. The van der Waals surface area contributed by atoms with E-state index in [4.69, 9.17) is 4.74 Å². The van der Waals surface area contributed by atoms with E-state index in [2.05, 4.69) is 12.2 Å². The Morgan fingerprint density at radius 2 is 1.50 bits per heavy atom. The van der Waals surface area contributed by atoms with Crippen LogP contribution in [-0.4, -0.2) is 18.9 Å². The lowest BCUT2D eigenvalue weighted by Gasteiger charge is -2.37. The lowest BCUT2D eigenvalue weighted by Crippen LogP contribution is -2.40. The third kappa shape index (κ3) is 1.38. The summed E-state index contributed by atoms with van der Waals surface area (Å²) in [7, 11) is 1.60. The lowest BCUT2D eigenvalue weighted by molar-refractivity contribution is -0.124. The second-order valence-corrected chi connectivity index (χ2v) is 6.86. The van der Waals surface area contributed by atoms with E-state index in [0.717, 1.165) is 5.75 Å². The third-order valence-corrected chi connectivity index (χ3v) is 5.99. The minimum atomic E-state index is -0.131. The van der Waals surface area contributed by atoms with Gasteiger partial charge < -0.3 is 4.74 Å². The van der Waals surface area contributed by atoms with Crippen LogP contribution in [0.5, 0.6) is 5.75 Å². The summed E-state index contributed by atoms with van der Waals surface area (Å²) in [6.07, 6.45) is 5.59. The Hall–Kier alpha value is -2.10. The van der Waals surface area contributed by atoms with Crippen molar-refractivity contribution < 1.29 is 14.3 Å². The van der Waals surface area contributed by atoms with Gasteiger partial charge in [0.15, 0.2) is 0 Å². The van der Waals surface area contributed by atoms with Crippen molar-refractivity contribution in [3.8, 4) is 5.75 Å². The molecule has 2 saturated carbocycles. The van der Waals surface area contributed by atoms with Crippen LogP contribution in [0.2, 0.25) is 0 Å². The number of methoxy groups -OCH3 is 1. The highest BCUT2D eigenvalue weighted by molar-refractivity contribution is 6.22. The second kappa shape index (κ2) is 4.00. The maximum Gasteiger partial charge on any atom is 0.238 e. The molecule has 1 aromatic rings. The molecule has 6 atom stereocenters. The van der Waals surface area contributed by atoms with E-state index in [1.54, 1.807) is 31.4 Å². The fourth-order valence-electron chi connectivity index (χ4n) is 4.94. The Labute approximate surface area is 128 Å². The van der Waals surface area contributed by atoms with Crippen LogP contribution in [0.15, 0.2) is 36.4 Å². The van der Waals surface area contributed by atoms with Gasteiger partial charge >= 0.3 is 0 Å². The number of amides is 2. The van der Waals surface area contributed by atoms with Crippen molar-refractivity contribution in [2.75, 3.05) is 12.0 Å². The molecule has 5 aliphatic rings. The zero-order valence-electron chi connectivity index (χ0n) is 12.3. The van der Waals surface area contributed by atoms with Crippen molar-refractivity contribution in [3.63, 3.8) is 0 Å². The molecular weight excluding hydrogens is 278 g/mol. The molecule has 6 rings (SSSR count).